The van der Waals surface area contributed by atoms with Crippen LogP contribution in [0.2, 0.25) is 0 Å². The summed E-state index contributed by atoms with van der Waals surface area (Å²) in [7, 11) is 1.63. The average Bonchev–Trinajstić information content (AvgIpc) is 2.32. The molecule has 0 aliphatic carbocycles. The zero-order chi connectivity index (χ0) is 9.73. The van der Waals surface area contributed by atoms with Gasteiger partial charge < -0.3 is 10.1 Å². The molecule has 0 aromatic carbocycles. The van der Waals surface area contributed by atoms with Gasteiger partial charge in [0.15, 0.2) is 0 Å². The second kappa shape index (κ2) is 4.91. The summed E-state index contributed by atoms with van der Waals surface area (Å²) in [6, 6.07) is 0. The lowest BCUT2D eigenvalue weighted by molar-refractivity contribution is 0.0238. The lowest BCUT2D eigenvalue weighted by atomic mass is 9.85. The lowest BCUT2D eigenvalue weighted by Gasteiger charge is -2.29. The molecule has 1 N–H and O–H groups in total. The summed E-state index contributed by atoms with van der Waals surface area (Å²) in [5.41, 5.74) is -1.01. The van der Waals surface area contributed by atoms with Crippen LogP contribution in [0.1, 0.15) is 26.2 Å². The highest BCUT2D eigenvalue weighted by Crippen LogP contribution is 2.32. The van der Waals surface area contributed by atoms with E-state index in [1.165, 1.54) is 0 Å². The molecule has 0 radical (unpaired) electrons. The summed E-state index contributed by atoms with van der Waals surface area (Å²) in [5, 5.41) is 3.22. The number of rotatable bonds is 3. The van der Waals surface area contributed by atoms with Crippen LogP contribution < -0.4 is 5.32 Å². The van der Waals surface area contributed by atoms with E-state index in [1.54, 1.807) is 7.11 Å². The molecule has 0 saturated carbocycles. The standard InChI is InChI=1S/C10H20FNO/c1-9(8-13-2)10(11)4-3-6-12-7-5-10/h9,12H,3-8H2,1-2H3. The highest BCUT2D eigenvalue weighted by molar-refractivity contribution is 4.87. The molecule has 1 rings (SSSR count). The third kappa shape index (κ3) is 2.92. The van der Waals surface area contributed by atoms with Crippen LogP contribution >= 0.6 is 0 Å². The molecule has 2 nitrogen and oxygen atoms in total. The Kier molecular flexibility index (Phi) is 4.13. The third-order valence-electron chi connectivity index (χ3n) is 2.96. The van der Waals surface area contributed by atoms with Gasteiger partial charge in [0.25, 0.3) is 0 Å². The molecule has 0 bridgehead atoms. The molecule has 1 aliphatic rings. The molecule has 78 valence electrons. The van der Waals surface area contributed by atoms with Crippen LogP contribution in [-0.2, 0) is 4.74 Å². The van der Waals surface area contributed by atoms with E-state index in [-0.39, 0.29) is 5.92 Å². The molecule has 1 fully saturated rings. The van der Waals surface area contributed by atoms with Gasteiger partial charge in [-0.1, -0.05) is 6.92 Å². The van der Waals surface area contributed by atoms with Crippen LogP contribution in [0.5, 0.6) is 0 Å². The summed E-state index contributed by atoms with van der Waals surface area (Å²) >= 11 is 0. The maximum Gasteiger partial charge on any atom is 0.117 e. The molecular formula is C10H20FNO. The van der Waals surface area contributed by atoms with Crippen molar-refractivity contribution in [1.29, 1.82) is 0 Å². The predicted molar refractivity (Wildman–Crippen MR) is 51.6 cm³/mol. The Hall–Kier alpha value is -0.150. The Morgan fingerprint density at radius 3 is 2.92 bits per heavy atom. The molecular weight excluding hydrogens is 169 g/mol. The van der Waals surface area contributed by atoms with Crippen LogP contribution in [0.25, 0.3) is 0 Å². The van der Waals surface area contributed by atoms with Gasteiger partial charge in [-0.05, 0) is 32.4 Å². The van der Waals surface area contributed by atoms with Gasteiger partial charge in [-0.2, -0.15) is 0 Å². The Balaban J connectivity index is 2.49. The van der Waals surface area contributed by atoms with E-state index in [0.717, 1.165) is 19.5 Å². The van der Waals surface area contributed by atoms with Crippen LogP contribution in [0.3, 0.4) is 0 Å². The number of nitrogens with one attached hydrogen (secondary N) is 1. The lowest BCUT2D eigenvalue weighted by Crippen LogP contribution is -2.35. The van der Waals surface area contributed by atoms with Gasteiger partial charge in [0.05, 0.1) is 6.61 Å². The van der Waals surface area contributed by atoms with Crippen molar-refractivity contribution in [2.45, 2.75) is 31.9 Å². The summed E-state index contributed by atoms with van der Waals surface area (Å²) in [4.78, 5) is 0. The maximum atomic E-state index is 14.3. The van der Waals surface area contributed by atoms with E-state index in [4.69, 9.17) is 4.74 Å². The zero-order valence-corrected chi connectivity index (χ0v) is 8.61. The number of hydrogen-bond acceptors (Lipinski definition) is 2. The van der Waals surface area contributed by atoms with Crippen molar-refractivity contribution >= 4 is 0 Å². The van der Waals surface area contributed by atoms with Crippen LogP contribution in [0.15, 0.2) is 0 Å². The Labute approximate surface area is 79.8 Å². The highest BCUT2D eigenvalue weighted by Gasteiger charge is 2.36. The van der Waals surface area contributed by atoms with E-state index in [9.17, 15) is 4.39 Å². The molecule has 3 heteroatoms. The summed E-state index contributed by atoms with van der Waals surface area (Å²) in [6.45, 7) is 4.21. The van der Waals surface area contributed by atoms with Crippen molar-refractivity contribution in [1.82, 2.24) is 5.32 Å². The van der Waals surface area contributed by atoms with E-state index >= 15 is 0 Å². The van der Waals surface area contributed by atoms with Crippen molar-refractivity contribution in [3.05, 3.63) is 0 Å². The number of alkyl halides is 1. The summed E-state index contributed by atoms with van der Waals surface area (Å²) in [5.74, 6) is 0.0115. The smallest absolute Gasteiger partial charge is 0.117 e. The van der Waals surface area contributed by atoms with E-state index < -0.39 is 5.67 Å². The molecule has 0 spiro atoms. The molecule has 1 aliphatic heterocycles. The monoisotopic (exact) mass is 189 g/mol. The largest absolute Gasteiger partial charge is 0.384 e. The van der Waals surface area contributed by atoms with Gasteiger partial charge in [0, 0.05) is 13.0 Å². The van der Waals surface area contributed by atoms with Crippen molar-refractivity contribution < 1.29 is 9.13 Å². The first-order chi connectivity index (χ1) is 6.19. The van der Waals surface area contributed by atoms with Crippen LogP contribution in [-0.4, -0.2) is 32.5 Å². The van der Waals surface area contributed by atoms with Gasteiger partial charge in [0.1, 0.15) is 5.67 Å². The van der Waals surface area contributed by atoms with Gasteiger partial charge in [-0.25, -0.2) is 4.39 Å². The molecule has 0 amide bonds. The van der Waals surface area contributed by atoms with E-state index in [1.807, 2.05) is 6.92 Å². The number of methoxy groups -OCH3 is 1. The third-order valence-corrected chi connectivity index (χ3v) is 2.96. The topological polar surface area (TPSA) is 21.3 Å². The highest BCUT2D eigenvalue weighted by atomic mass is 19.1. The van der Waals surface area contributed by atoms with Crippen molar-refractivity contribution in [2.75, 3.05) is 26.8 Å². The number of halogens is 1. The van der Waals surface area contributed by atoms with Gasteiger partial charge in [0.2, 0.25) is 0 Å². The van der Waals surface area contributed by atoms with Crippen molar-refractivity contribution in [2.24, 2.45) is 5.92 Å². The van der Waals surface area contributed by atoms with E-state index in [0.29, 0.717) is 19.4 Å². The minimum atomic E-state index is -1.01. The van der Waals surface area contributed by atoms with Gasteiger partial charge in [-0.15, -0.1) is 0 Å². The first-order valence-electron chi connectivity index (χ1n) is 5.07. The van der Waals surface area contributed by atoms with Crippen LogP contribution in [0, 0.1) is 5.92 Å². The molecule has 0 aromatic rings. The van der Waals surface area contributed by atoms with Crippen LogP contribution in [0.4, 0.5) is 4.39 Å². The fraction of sp³-hybridized carbons (Fsp3) is 1.00. The minimum absolute atomic E-state index is 0.0115. The molecule has 2 unspecified atom stereocenters. The zero-order valence-electron chi connectivity index (χ0n) is 8.61. The first-order valence-corrected chi connectivity index (χ1v) is 5.07. The Bertz CT molecular complexity index is 144. The summed E-state index contributed by atoms with van der Waals surface area (Å²) < 4.78 is 19.3. The normalized spacial score (nSPS) is 32.5. The molecule has 13 heavy (non-hydrogen) atoms. The number of hydrogen-bond donors (Lipinski definition) is 1. The van der Waals surface area contributed by atoms with E-state index in [2.05, 4.69) is 5.32 Å². The van der Waals surface area contributed by atoms with Crippen molar-refractivity contribution in [3.8, 4) is 0 Å². The van der Waals surface area contributed by atoms with Gasteiger partial charge >= 0.3 is 0 Å². The number of ether oxygens (including phenoxy) is 1. The predicted octanol–water partition coefficient (Wildman–Crippen LogP) is 1.75. The summed E-state index contributed by atoms with van der Waals surface area (Å²) in [6.07, 6.45) is 2.23. The second-order valence-corrected chi connectivity index (χ2v) is 3.99. The van der Waals surface area contributed by atoms with Crippen molar-refractivity contribution in [3.63, 3.8) is 0 Å². The SMILES string of the molecule is COCC(C)C1(F)CCCNCC1. The second-order valence-electron chi connectivity index (χ2n) is 3.99. The molecule has 1 heterocycles. The molecule has 2 atom stereocenters. The average molecular weight is 189 g/mol. The Morgan fingerprint density at radius 2 is 2.23 bits per heavy atom. The fourth-order valence-corrected chi connectivity index (χ4v) is 1.95. The Morgan fingerprint density at radius 1 is 1.46 bits per heavy atom. The maximum absolute atomic E-state index is 14.3. The quantitative estimate of drug-likeness (QED) is 0.730. The molecule has 0 aromatic heterocycles. The fourth-order valence-electron chi connectivity index (χ4n) is 1.95. The molecule has 1 saturated heterocycles. The van der Waals surface area contributed by atoms with Gasteiger partial charge in [-0.3, -0.25) is 0 Å². The minimum Gasteiger partial charge on any atom is -0.384 e. The first kappa shape index (κ1) is 10.9.